The third kappa shape index (κ3) is 6.60. The van der Waals surface area contributed by atoms with Gasteiger partial charge in [0.1, 0.15) is 6.04 Å². The van der Waals surface area contributed by atoms with Crippen molar-refractivity contribution in [2.45, 2.75) is 62.8 Å². The average Bonchev–Trinajstić information content (AvgIpc) is 2.72. The second kappa shape index (κ2) is 11.2. The van der Waals surface area contributed by atoms with E-state index in [9.17, 15) is 19.9 Å². The molecule has 170 valence electrons. The lowest BCUT2D eigenvalue weighted by atomic mass is 9.95. The number of aliphatic hydroxyl groups is 4. The van der Waals surface area contributed by atoms with Gasteiger partial charge in [-0.25, -0.2) is 9.86 Å². The lowest BCUT2D eigenvalue weighted by Gasteiger charge is -2.37. The van der Waals surface area contributed by atoms with Crippen molar-refractivity contribution in [3.63, 3.8) is 0 Å². The molecule has 2 rings (SSSR count). The summed E-state index contributed by atoms with van der Waals surface area (Å²) in [6.45, 7) is 1.71. The molecule has 12 nitrogen and oxygen atoms in total. The summed E-state index contributed by atoms with van der Waals surface area (Å²) in [6, 6.07) is 6.68. The maximum Gasteiger partial charge on any atom is 0.405 e. The van der Waals surface area contributed by atoms with Gasteiger partial charge in [0.15, 0.2) is 0 Å². The first-order chi connectivity index (χ1) is 13.9. The van der Waals surface area contributed by atoms with E-state index < -0.39 is 29.7 Å². The Kier molecular flexibility index (Phi) is 9.58. The molecule has 30 heavy (non-hydrogen) atoms. The lowest BCUT2D eigenvalue weighted by molar-refractivity contribution is -0.398. The van der Waals surface area contributed by atoms with Crippen LogP contribution in [0.15, 0.2) is 30.3 Å². The molecule has 0 bridgehead atoms. The second-order valence-corrected chi connectivity index (χ2v) is 6.90. The predicted octanol–water partition coefficient (Wildman–Crippen LogP) is -0.400. The van der Waals surface area contributed by atoms with Crippen molar-refractivity contribution in [2.75, 3.05) is 5.06 Å². The molecular weight excluding hydrogens is 404 g/mol. The first-order valence-corrected chi connectivity index (χ1v) is 9.23. The number of rotatable bonds is 7. The molecule has 0 spiro atoms. The largest absolute Gasteiger partial charge is 0.480 e. The standard InChI is InChI=1S/C9H11NO8.C9H17NO2/c11-7(18-17)8(12,9(13,14)15)10(16)6-4-2-1-3-5-6;1-7(9(11)12)10-8-5-3-2-4-6-8/h1-5,12-17H;7-8,10H,2-6H2,1H3,(H,11,12)/t8-;7-/m00/s1. The number of hydroxylamine groups is 1. The molecule has 8 N–H and O–H groups in total. The average molecular weight is 432 g/mol. The Balaban J connectivity index is 0.000000325. The number of para-hydroxylation sites is 1. The number of nitrogens with one attached hydrogen (secondary N) is 1. The van der Waals surface area contributed by atoms with Gasteiger partial charge in [0.25, 0.3) is 0 Å². The maximum atomic E-state index is 11.1. The molecule has 0 amide bonds. The number of carboxylic acid groups (broad SMARTS) is 1. The van der Waals surface area contributed by atoms with E-state index in [4.69, 9.17) is 25.7 Å². The predicted molar refractivity (Wildman–Crippen MR) is 101 cm³/mol. The topological polar surface area (TPSA) is 200 Å². The van der Waals surface area contributed by atoms with Gasteiger partial charge in [0.05, 0.1) is 5.69 Å². The minimum atomic E-state index is -4.10. The van der Waals surface area contributed by atoms with Gasteiger partial charge in [0.2, 0.25) is 0 Å². The van der Waals surface area contributed by atoms with Crippen LogP contribution in [0.25, 0.3) is 0 Å². The molecule has 1 aromatic rings. The van der Waals surface area contributed by atoms with Gasteiger partial charge in [-0.3, -0.25) is 14.9 Å². The van der Waals surface area contributed by atoms with Crippen molar-refractivity contribution in [1.29, 1.82) is 0 Å². The number of carboxylic acids is 1. The molecule has 0 heterocycles. The highest BCUT2D eigenvalue weighted by Crippen LogP contribution is 2.28. The van der Waals surface area contributed by atoms with Gasteiger partial charge in [-0.2, -0.15) is 5.26 Å². The molecule has 0 aromatic heterocycles. The zero-order valence-electron chi connectivity index (χ0n) is 16.4. The summed E-state index contributed by atoms with van der Waals surface area (Å²) in [4.78, 5) is 24.7. The van der Waals surface area contributed by atoms with E-state index in [1.165, 1.54) is 49.6 Å². The van der Waals surface area contributed by atoms with E-state index in [1.807, 2.05) is 0 Å². The van der Waals surface area contributed by atoms with Crippen LogP contribution in [0.5, 0.6) is 0 Å². The molecule has 2 atom stereocenters. The van der Waals surface area contributed by atoms with E-state index >= 15 is 0 Å². The fourth-order valence-electron chi connectivity index (χ4n) is 2.88. The third-order valence-corrected chi connectivity index (χ3v) is 4.60. The number of carbonyl (C=O) groups is 2. The van der Waals surface area contributed by atoms with Crippen LogP contribution in [0.3, 0.4) is 0 Å². The number of hydrogen-bond donors (Lipinski definition) is 8. The Hall–Kier alpha value is -2.32. The zero-order chi connectivity index (χ0) is 22.9. The molecule has 1 saturated carbocycles. The summed E-state index contributed by atoms with van der Waals surface area (Å²) in [5.41, 5.74) is -4.03. The summed E-state index contributed by atoms with van der Waals surface area (Å²) in [6.07, 6.45) is 6.06. The van der Waals surface area contributed by atoms with E-state index in [0.29, 0.717) is 6.04 Å². The van der Waals surface area contributed by atoms with Gasteiger partial charge >= 0.3 is 23.6 Å². The van der Waals surface area contributed by atoms with Crippen LogP contribution in [0.4, 0.5) is 5.69 Å². The zero-order valence-corrected chi connectivity index (χ0v) is 16.4. The van der Waals surface area contributed by atoms with Crippen LogP contribution in [0.1, 0.15) is 39.0 Å². The number of benzene rings is 1. The summed E-state index contributed by atoms with van der Waals surface area (Å²) in [5, 5.41) is 65.5. The van der Waals surface area contributed by atoms with Crippen molar-refractivity contribution >= 4 is 17.6 Å². The van der Waals surface area contributed by atoms with Crippen molar-refractivity contribution in [1.82, 2.24) is 5.32 Å². The van der Waals surface area contributed by atoms with Crippen LogP contribution < -0.4 is 10.4 Å². The Bertz CT molecular complexity index is 675. The molecule has 1 aliphatic carbocycles. The molecule has 1 aromatic carbocycles. The highest BCUT2D eigenvalue weighted by atomic mass is 17.1. The van der Waals surface area contributed by atoms with E-state index in [1.54, 1.807) is 6.92 Å². The molecule has 12 heteroatoms. The number of hydrogen-bond acceptors (Lipinski definition) is 11. The smallest absolute Gasteiger partial charge is 0.405 e. The molecular formula is C18H28N2O10. The number of carbonyl (C=O) groups excluding carboxylic acids is 1. The Morgan fingerprint density at radius 1 is 1.10 bits per heavy atom. The first-order valence-electron chi connectivity index (χ1n) is 9.23. The van der Waals surface area contributed by atoms with Crippen LogP contribution in [0, 0.1) is 0 Å². The Morgan fingerprint density at radius 2 is 1.63 bits per heavy atom. The van der Waals surface area contributed by atoms with Crippen LogP contribution in [-0.2, 0) is 14.5 Å². The number of nitrogens with zero attached hydrogens (tertiary/aromatic N) is 1. The van der Waals surface area contributed by atoms with Crippen molar-refractivity contribution in [2.24, 2.45) is 0 Å². The van der Waals surface area contributed by atoms with E-state index in [-0.39, 0.29) is 10.8 Å². The van der Waals surface area contributed by atoms with Crippen LogP contribution in [0.2, 0.25) is 0 Å². The van der Waals surface area contributed by atoms with Gasteiger partial charge in [-0.15, -0.1) is 0 Å². The summed E-state index contributed by atoms with van der Waals surface area (Å²) in [5.74, 6) is -6.96. The fraction of sp³-hybridized carbons (Fsp3) is 0.556. The maximum absolute atomic E-state index is 11.1. The minimum absolute atomic E-state index is 0.285. The molecule has 0 unspecified atom stereocenters. The quantitative estimate of drug-likeness (QED) is 0.158. The fourth-order valence-corrected chi connectivity index (χ4v) is 2.88. The molecule has 0 radical (unpaired) electrons. The SMILES string of the molecule is C[C@H](NC1CCCCC1)C(=O)O.O=C(OO)[C@@](O)(N(O)c1ccccc1)C(O)(O)O. The highest BCUT2D eigenvalue weighted by Gasteiger charge is 2.61. The number of aliphatic carboxylic acids is 1. The van der Waals surface area contributed by atoms with Crippen LogP contribution in [-0.4, -0.2) is 71.7 Å². The summed E-state index contributed by atoms with van der Waals surface area (Å²) >= 11 is 0. The highest BCUT2D eigenvalue weighted by molar-refractivity contribution is 5.83. The molecule has 0 aliphatic heterocycles. The monoisotopic (exact) mass is 432 g/mol. The van der Waals surface area contributed by atoms with E-state index in [0.717, 1.165) is 12.8 Å². The molecule has 0 saturated heterocycles. The third-order valence-electron chi connectivity index (χ3n) is 4.60. The van der Waals surface area contributed by atoms with Gasteiger partial charge in [0, 0.05) is 6.04 Å². The normalized spacial score (nSPS) is 17.7. The first kappa shape index (κ1) is 25.7. The number of anilines is 1. The van der Waals surface area contributed by atoms with Gasteiger partial charge in [-0.1, -0.05) is 37.5 Å². The van der Waals surface area contributed by atoms with Crippen molar-refractivity contribution in [3.05, 3.63) is 30.3 Å². The molecule has 1 fully saturated rings. The summed E-state index contributed by atoms with van der Waals surface area (Å²) < 4.78 is 0. The van der Waals surface area contributed by atoms with Crippen LogP contribution >= 0.6 is 0 Å². The van der Waals surface area contributed by atoms with E-state index in [2.05, 4.69) is 10.2 Å². The van der Waals surface area contributed by atoms with Gasteiger partial charge < -0.3 is 30.8 Å². The minimum Gasteiger partial charge on any atom is -0.480 e. The summed E-state index contributed by atoms with van der Waals surface area (Å²) in [7, 11) is 0. The van der Waals surface area contributed by atoms with Crippen molar-refractivity contribution in [3.8, 4) is 0 Å². The Morgan fingerprint density at radius 3 is 2.07 bits per heavy atom. The van der Waals surface area contributed by atoms with Gasteiger partial charge in [-0.05, 0) is 31.9 Å². The second-order valence-electron chi connectivity index (χ2n) is 6.90. The lowest BCUT2D eigenvalue weighted by Crippen LogP contribution is -2.69. The Labute approximate surface area is 172 Å². The molecule has 1 aliphatic rings. The van der Waals surface area contributed by atoms with Crippen molar-refractivity contribution < 1.29 is 50.5 Å².